The molecule has 114 valence electrons. The minimum absolute atomic E-state index is 0.0212. The van der Waals surface area contributed by atoms with Crippen LogP contribution < -0.4 is 11.1 Å². The van der Waals surface area contributed by atoms with Gasteiger partial charge in [-0.05, 0) is 37.1 Å². The Labute approximate surface area is 119 Å². The average Bonchev–Trinajstić information content (AvgIpc) is 2.42. The summed E-state index contributed by atoms with van der Waals surface area (Å²) >= 11 is 0. The first-order chi connectivity index (χ1) is 9.75. The van der Waals surface area contributed by atoms with Crippen molar-refractivity contribution in [3.63, 3.8) is 0 Å². The second-order valence-electron chi connectivity index (χ2n) is 4.37. The van der Waals surface area contributed by atoms with Crippen molar-refractivity contribution in [3.05, 3.63) is 48.0 Å². The average molecular weight is 300 g/mol. The standard InChI is InChI=1S/C14H15F3N2O2/c1-2-3-4-11(12(18)20)19-13(21)9-5-7-10(8-6-9)14(15,16)17/h2,5-8,11H,1,3-4H2,(H2,18,20)(H,19,21)/t11-/m0/s1. The zero-order valence-electron chi connectivity index (χ0n) is 11.1. The Morgan fingerprint density at radius 2 is 1.86 bits per heavy atom. The number of nitrogens with two attached hydrogens (primary N) is 1. The van der Waals surface area contributed by atoms with E-state index in [1.165, 1.54) is 0 Å². The lowest BCUT2D eigenvalue weighted by atomic mass is 10.1. The van der Waals surface area contributed by atoms with Gasteiger partial charge in [-0.15, -0.1) is 6.58 Å². The highest BCUT2D eigenvalue weighted by Crippen LogP contribution is 2.29. The lowest BCUT2D eigenvalue weighted by molar-refractivity contribution is -0.137. The van der Waals surface area contributed by atoms with E-state index in [1.807, 2.05) is 0 Å². The molecule has 1 atom stereocenters. The van der Waals surface area contributed by atoms with E-state index in [0.29, 0.717) is 6.42 Å². The van der Waals surface area contributed by atoms with E-state index in [0.717, 1.165) is 24.3 Å². The number of alkyl halides is 3. The molecule has 0 spiro atoms. The molecule has 21 heavy (non-hydrogen) atoms. The third-order valence-corrected chi connectivity index (χ3v) is 2.78. The molecule has 0 unspecified atom stereocenters. The smallest absolute Gasteiger partial charge is 0.368 e. The van der Waals surface area contributed by atoms with E-state index in [1.54, 1.807) is 6.08 Å². The highest BCUT2D eigenvalue weighted by atomic mass is 19.4. The van der Waals surface area contributed by atoms with E-state index in [2.05, 4.69) is 11.9 Å². The van der Waals surface area contributed by atoms with Gasteiger partial charge in [0.25, 0.3) is 5.91 Å². The third-order valence-electron chi connectivity index (χ3n) is 2.78. The highest BCUT2D eigenvalue weighted by molar-refractivity contribution is 5.97. The molecule has 1 aromatic rings. The number of benzene rings is 1. The van der Waals surface area contributed by atoms with Crippen LogP contribution in [-0.4, -0.2) is 17.9 Å². The quantitative estimate of drug-likeness (QED) is 0.791. The van der Waals surface area contributed by atoms with Crippen LogP contribution in [0.3, 0.4) is 0 Å². The number of allylic oxidation sites excluding steroid dienone is 1. The first-order valence-electron chi connectivity index (χ1n) is 6.14. The van der Waals surface area contributed by atoms with Crippen molar-refractivity contribution in [2.75, 3.05) is 0 Å². The molecule has 1 rings (SSSR count). The van der Waals surface area contributed by atoms with Gasteiger partial charge in [0.15, 0.2) is 0 Å². The first-order valence-corrected chi connectivity index (χ1v) is 6.14. The Balaban J connectivity index is 2.78. The van der Waals surface area contributed by atoms with Crippen molar-refractivity contribution in [3.8, 4) is 0 Å². The van der Waals surface area contributed by atoms with Crippen molar-refractivity contribution in [2.24, 2.45) is 5.73 Å². The maximum atomic E-state index is 12.4. The van der Waals surface area contributed by atoms with Gasteiger partial charge < -0.3 is 11.1 Å². The summed E-state index contributed by atoms with van der Waals surface area (Å²) in [6, 6.07) is 2.81. The zero-order valence-corrected chi connectivity index (χ0v) is 11.1. The lowest BCUT2D eigenvalue weighted by Crippen LogP contribution is -2.44. The second-order valence-corrected chi connectivity index (χ2v) is 4.37. The molecule has 4 nitrogen and oxygen atoms in total. The fourth-order valence-corrected chi connectivity index (χ4v) is 1.62. The molecular formula is C14H15F3N2O2. The van der Waals surface area contributed by atoms with E-state index in [9.17, 15) is 22.8 Å². The summed E-state index contributed by atoms with van der Waals surface area (Å²) < 4.78 is 37.2. The summed E-state index contributed by atoms with van der Waals surface area (Å²) in [5.41, 5.74) is 4.32. The molecule has 0 bridgehead atoms. The maximum Gasteiger partial charge on any atom is 0.416 e. The Kier molecular flexibility index (Phi) is 5.52. The Morgan fingerprint density at radius 1 is 1.29 bits per heavy atom. The minimum Gasteiger partial charge on any atom is -0.368 e. The van der Waals surface area contributed by atoms with Gasteiger partial charge in [0.05, 0.1) is 5.56 Å². The molecule has 0 aliphatic heterocycles. The van der Waals surface area contributed by atoms with Crippen LogP contribution in [0.5, 0.6) is 0 Å². The Morgan fingerprint density at radius 3 is 2.29 bits per heavy atom. The van der Waals surface area contributed by atoms with Crippen molar-refractivity contribution in [2.45, 2.75) is 25.1 Å². The van der Waals surface area contributed by atoms with Crippen molar-refractivity contribution >= 4 is 11.8 Å². The van der Waals surface area contributed by atoms with E-state index >= 15 is 0 Å². The Bertz CT molecular complexity index is 524. The van der Waals surface area contributed by atoms with Gasteiger partial charge in [-0.2, -0.15) is 13.2 Å². The fourth-order valence-electron chi connectivity index (χ4n) is 1.62. The predicted octanol–water partition coefficient (Wildman–Crippen LogP) is 2.26. The summed E-state index contributed by atoms with van der Waals surface area (Å²) in [4.78, 5) is 23.0. The van der Waals surface area contributed by atoms with Crippen LogP contribution in [0.15, 0.2) is 36.9 Å². The number of primary amides is 1. The molecule has 0 saturated heterocycles. The van der Waals surface area contributed by atoms with E-state index in [4.69, 9.17) is 5.73 Å². The molecule has 2 amide bonds. The predicted molar refractivity (Wildman–Crippen MR) is 71.3 cm³/mol. The van der Waals surface area contributed by atoms with Crippen molar-refractivity contribution in [1.29, 1.82) is 0 Å². The van der Waals surface area contributed by atoms with Gasteiger partial charge in [0.1, 0.15) is 6.04 Å². The number of carbonyl (C=O) groups is 2. The molecule has 7 heteroatoms. The van der Waals surface area contributed by atoms with Crippen LogP contribution >= 0.6 is 0 Å². The monoisotopic (exact) mass is 300 g/mol. The molecule has 1 aromatic carbocycles. The molecule has 0 saturated carbocycles. The van der Waals surface area contributed by atoms with Gasteiger partial charge >= 0.3 is 6.18 Å². The number of nitrogens with one attached hydrogen (secondary N) is 1. The van der Waals surface area contributed by atoms with Crippen LogP contribution in [0.4, 0.5) is 13.2 Å². The zero-order chi connectivity index (χ0) is 16.0. The number of amides is 2. The topological polar surface area (TPSA) is 72.2 Å². The number of halogens is 3. The van der Waals surface area contributed by atoms with Crippen molar-refractivity contribution in [1.82, 2.24) is 5.32 Å². The van der Waals surface area contributed by atoms with Crippen LogP contribution in [0.2, 0.25) is 0 Å². The summed E-state index contributed by atoms with van der Waals surface area (Å²) in [5.74, 6) is -1.37. The van der Waals surface area contributed by atoms with Crippen molar-refractivity contribution < 1.29 is 22.8 Å². The largest absolute Gasteiger partial charge is 0.416 e. The van der Waals surface area contributed by atoms with Gasteiger partial charge in [0.2, 0.25) is 5.91 Å². The molecular weight excluding hydrogens is 285 g/mol. The minimum atomic E-state index is -4.46. The van der Waals surface area contributed by atoms with Crippen LogP contribution in [0.25, 0.3) is 0 Å². The SMILES string of the molecule is C=CCC[C@H](NC(=O)c1ccc(C(F)(F)F)cc1)C(N)=O. The van der Waals surface area contributed by atoms with E-state index in [-0.39, 0.29) is 12.0 Å². The van der Waals surface area contributed by atoms with Crippen LogP contribution in [0.1, 0.15) is 28.8 Å². The van der Waals surface area contributed by atoms with Gasteiger partial charge in [0, 0.05) is 5.56 Å². The number of rotatable bonds is 6. The third kappa shape index (κ3) is 4.94. The van der Waals surface area contributed by atoms with Crippen LogP contribution in [-0.2, 0) is 11.0 Å². The number of hydrogen-bond acceptors (Lipinski definition) is 2. The molecule has 0 radical (unpaired) electrons. The summed E-state index contributed by atoms with van der Waals surface area (Å²) in [6.45, 7) is 3.49. The number of carbonyl (C=O) groups excluding carboxylic acids is 2. The van der Waals surface area contributed by atoms with E-state index < -0.39 is 29.6 Å². The van der Waals surface area contributed by atoms with Gasteiger partial charge in [-0.25, -0.2) is 0 Å². The fraction of sp³-hybridized carbons (Fsp3) is 0.286. The highest BCUT2D eigenvalue weighted by Gasteiger charge is 2.30. The first kappa shape index (κ1) is 16.7. The summed E-state index contributed by atoms with van der Waals surface area (Å²) in [5, 5.41) is 2.38. The molecule has 0 aromatic heterocycles. The van der Waals surface area contributed by atoms with Crippen LogP contribution in [0, 0.1) is 0 Å². The summed E-state index contributed by atoms with van der Waals surface area (Å²) in [7, 11) is 0. The summed E-state index contributed by atoms with van der Waals surface area (Å²) in [6.07, 6.45) is -2.14. The molecule has 0 fully saturated rings. The maximum absolute atomic E-state index is 12.4. The number of hydrogen-bond donors (Lipinski definition) is 2. The lowest BCUT2D eigenvalue weighted by Gasteiger charge is -2.15. The molecule has 0 aliphatic carbocycles. The molecule has 0 heterocycles. The second kappa shape index (κ2) is 6.92. The normalized spacial score (nSPS) is 12.5. The Hall–Kier alpha value is -2.31. The molecule has 3 N–H and O–H groups in total. The molecule has 0 aliphatic rings. The van der Waals surface area contributed by atoms with Gasteiger partial charge in [-0.3, -0.25) is 9.59 Å². The van der Waals surface area contributed by atoms with Gasteiger partial charge in [-0.1, -0.05) is 6.08 Å².